The number of allylic oxidation sites excluding steroid dienone is 1. The first-order valence-electron chi connectivity index (χ1n) is 5.06. The van der Waals surface area contributed by atoms with Crippen molar-refractivity contribution in [1.29, 1.82) is 0 Å². The molecular formula is C12H10ClNO3S. The Kier molecular flexibility index (Phi) is 3.63. The number of ketones is 1. The molecule has 2 rings (SSSR count). The monoisotopic (exact) mass is 283 g/mol. The zero-order valence-electron chi connectivity index (χ0n) is 9.74. The molecule has 0 saturated carbocycles. The molecule has 0 radical (unpaired) electrons. The summed E-state index contributed by atoms with van der Waals surface area (Å²) < 4.78 is 4.49. The van der Waals surface area contributed by atoms with Crippen molar-refractivity contribution in [3.05, 3.63) is 34.5 Å². The van der Waals surface area contributed by atoms with Crippen molar-refractivity contribution in [2.45, 2.75) is 4.90 Å². The maximum Gasteiger partial charge on any atom is 0.351 e. The zero-order chi connectivity index (χ0) is 13.3. The Labute approximate surface area is 113 Å². The minimum Gasteiger partial charge on any atom is -0.465 e. The Morgan fingerprint density at radius 2 is 2.17 bits per heavy atom. The van der Waals surface area contributed by atoms with E-state index in [0.29, 0.717) is 11.3 Å². The van der Waals surface area contributed by atoms with Crippen LogP contribution in [-0.2, 0) is 9.53 Å². The number of hydrogen-bond acceptors (Lipinski definition) is 5. The van der Waals surface area contributed by atoms with E-state index in [1.165, 1.54) is 7.11 Å². The average Bonchev–Trinajstić information content (AvgIpc) is 2.73. The maximum absolute atomic E-state index is 12.0. The van der Waals surface area contributed by atoms with E-state index in [9.17, 15) is 9.59 Å². The Morgan fingerprint density at radius 1 is 1.44 bits per heavy atom. The van der Waals surface area contributed by atoms with Crippen molar-refractivity contribution in [2.24, 2.45) is 0 Å². The minimum absolute atomic E-state index is 0.0665. The predicted octanol–water partition coefficient (Wildman–Crippen LogP) is 2.64. The summed E-state index contributed by atoms with van der Waals surface area (Å²) in [4.78, 5) is 24.4. The number of nitrogens with one attached hydrogen (secondary N) is 1. The number of thioether (sulfide) groups is 1. The number of rotatable bonds is 2. The van der Waals surface area contributed by atoms with Crippen LogP contribution in [0.25, 0.3) is 0 Å². The molecule has 0 atom stereocenters. The van der Waals surface area contributed by atoms with E-state index in [4.69, 9.17) is 11.6 Å². The SMILES string of the molecule is COC(=O)C(Cl)=C1Nc2cc(SC)ccc2C1=O. The van der Waals surface area contributed by atoms with Crippen LogP contribution in [0, 0.1) is 0 Å². The van der Waals surface area contributed by atoms with Crippen LogP contribution in [0.1, 0.15) is 10.4 Å². The highest BCUT2D eigenvalue weighted by Gasteiger charge is 2.29. The van der Waals surface area contributed by atoms with Gasteiger partial charge in [-0.25, -0.2) is 4.79 Å². The molecule has 1 N–H and O–H groups in total. The fraction of sp³-hybridized carbons (Fsp3) is 0.167. The summed E-state index contributed by atoms with van der Waals surface area (Å²) in [7, 11) is 1.21. The second-order valence-electron chi connectivity index (χ2n) is 3.55. The molecule has 0 saturated heterocycles. The number of fused-ring (bicyclic) bond motifs is 1. The molecule has 1 aromatic carbocycles. The molecule has 94 valence electrons. The number of esters is 1. The lowest BCUT2D eigenvalue weighted by Crippen LogP contribution is -2.10. The van der Waals surface area contributed by atoms with Crippen LogP contribution in [0.2, 0.25) is 0 Å². The summed E-state index contributed by atoms with van der Waals surface area (Å²) in [5.74, 6) is -1.03. The zero-order valence-corrected chi connectivity index (χ0v) is 11.3. The second kappa shape index (κ2) is 5.04. The average molecular weight is 284 g/mol. The standard InChI is InChI=1S/C12H10ClNO3S/c1-17-12(16)9(13)10-11(15)7-4-3-6(18-2)5-8(7)14-10/h3-5,14H,1-2H3. The lowest BCUT2D eigenvalue weighted by Gasteiger charge is -2.02. The van der Waals surface area contributed by atoms with Gasteiger partial charge in [-0.3, -0.25) is 4.79 Å². The molecule has 0 unspecified atom stereocenters. The number of halogens is 1. The highest BCUT2D eigenvalue weighted by Crippen LogP contribution is 2.33. The van der Waals surface area contributed by atoms with Gasteiger partial charge >= 0.3 is 5.97 Å². The van der Waals surface area contributed by atoms with Gasteiger partial charge in [0.25, 0.3) is 0 Å². The minimum atomic E-state index is -0.731. The van der Waals surface area contributed by atoms with Gasteiger partial charge in [-0.15, -0.1) is 11.8 Å². The number of carbonyl (C=O) groups is 2. The highest BCUT2D eigenvalue weighted by atomic mass is 35.5. The predicted molar refractivity (Wildman–Crippen MR) is 71.1 cm³/mol. The van der Waals surface area contributed by atoms with Crippen LogP contribution in [0.3, 0.4) is 0 Å². The van der Waals surface area contributed by atoms with Crippen LogP contribution in [0.15, 0.2) is 33.8 Å². The van der Waals surface area contributed by atoms with Gasteiger partial charge in [-0.05, 0) is 24.5 Å². The summed E-state index contributed by atoms with van der Waals surface area (Å²) in [6.07, 6.45) is 1.94. The molecule has 0 aromatic heterocycles. The van der Waals surface area contributed by atoms with Crippen molar-refractivity contribution in [3.8, 4) is 0 Å². The number of ether oxygens (including phenoxy) is 1. The van der Waals surface area contributed by atoms with Gasteiger partial charge < -0.3 is 10.1 Å². The van der Waals surface area contributed by atoms with E-state index < -0.39 is 5.97 Å². The molecule has 0 spiro atoms. The summed E-state index contributed by atoms with van der Waals surface area (Å²) in [6, 6.07) is 5.40. The fourth-order valence-electron chi connectivity index (χ4n) is 1.62. The third-order valence-electron chi connectivity index (χ3n) is 2.54. The van der Waals surface area contributed by atoms with Crippen molar-refractivity contribution in [1.82, 2.24) is 0 Å². The van der Waals surface area contributed by atoms with Gasteiger partial charge in [-0.2, -0.15) is 0 Å². The van der Waals surface area contributed by atoms with Gasteiger partial charge in [0.2, 0.25) is 5.78 Å². The molecule has 0 aliphatic carbocycles. The van der Waals surface area contributed by atoms with Crippen LogP contribution in [0.5, 0.6) is 0 Å². The molecule has 0 bridgehead atoms. The number of benzene rings is 1. The van der Waals surface area contributed by atoms with Gasteiger partial charge in [-0.1, -0.05) is 11.6 Å². The Morgan fingerprint density at radius 3 is 2.78 bits per heavy atom. The van der Waals surface area contributed by atoms with E-state index in [1.54, 1.807) is 17.8 Å². The van der Waals surface area contributed by atoms with Gasteiger partial charge in [0.1, 0.15) is 5.70 Å². The van der Waals surface area contributed by atoms with Crippen molar-refractivity contribution < 1.29 is 14.3 Å². The van der Waals surface area contributed by atoms with Crippen LogP contribution >= 0.6 is 23.4 Å². The number of hydrogen-bond donors (Lipinski definition) is 1. The highest BCUT2D eigenvalue weighted by molar-refractivity contribution is 7.98. The maximum atomic E-state index is 12.0. The first-order chi connectivity index (χ1) is 8.58. The first-order valence-corrected chi connectivity index (χ1v) is 6.66. The second-order valence-corrected chi connectivity index (χ2v) is 4.80. The van der Waals surface area contributed by atoms with Crippen molar-refractivity contribution >= 4 is 40.8 Å². The smallest absolute Gasteiger partial charge is 0.351 e. The number of Topliss-reactive ketones (excluding diaryl/α,β-unsaturated/α-hetero) is 1. The molecule has 6 heteroatoms. The van der Waals surface area contributed by atoms with E-state index >= 15 is 0 Å². The third-order valence-corrected chi connectivity index (χ3v) is 3.61. The molecular weight excluding hydrogens is 274 g/mol. The van der Waals surface area contributed by atoms with Crippen LogP contribution in [0.4, 0.5) is 5.69 Å². The number of methoxy groups -OCH3 is 1. The molecule has 1 aliphatic heterocycles. The van der Waals surface area contributed by atoms with Gasteiger partial charge in [0.15, 0.2) is 5.03 Å². The summed E-state index contributed by atoms with van der Waals surface area (Å²) in [5.41, 5.74) is 1.23. The number of anilines is 1. The van der Waals surface area contributed by atoms with E-state index in [2.05, 4.69) is 10.1 Å². The molecule has 1 heterocycles. The summed E-state index contributed by atoms with van der Waals surface area (Å²) >= 11 is 7.38. The summed E-state index contributed by atoms with van der Waals surface area (Å²) in [5, 5.41) is 2.63. The lowest BCUT2D eigenvalue weighted by molar-refractivity contribution is -0.135. The van der Waals surface area contributed by atoms with E-state index in [-0.39, 0.29) is 16.5 Å². The summed E-state index contributed by atoms with van der Waals surface area (Å²) in [6.45, 7) is 0. The fourth-order valence-corrected chi connectivity index (χ4v) is 2.27. The van der Waals surface area contributed by atoms with Crippen molar-refractivity contribution in [3.63, 3.8) is 0 Å². The van der Waals surface area contributed by atoms with Crippen LogP contribution in [-0.4, -0.2) is 25.1 Å². The van der Waals surface area contributed by atoms with Crippen LogP contribution < -0.4 is 5.32 Å². The van der Waals surface area contributed by atoms with E-state index in [1.807, 2.05) is 18.4 Å². The number of carbonyl (C=O) groups excluding carboxylic acids is 2. The van der Waals surface area contributed by atoms with Crippen molar-refractivity contribution in [2.75, 3.05) is 18.7 Å². The Hall–Kier alpha value is -1.46. The topological polar surface area (TPSA) is 55.4 Å². The third kappa shape index (κ3) is 2.11. The molecule has 4 nitrogen and oxygen atoms in total. The first kappa shape index (κ1) is 13.0. The largest absolute Gasteiger partial charge is 0.465 e. The normalized spacial score (nSPS) is 16.1. The quantitative estimate of drug-likeness (QED) is 0.514. The Balaban J connectivity index is 2.44. The molecule has 18 heavy (non-hydrogen) atoms. The van der Waals surface area contributed by atoms with E-state index in [0.717, 1.165) is 4.90 Å². The molecule has 1 aromatic rings. The lowest BCUT2D eigenvalue weighted by atomic mass is 10.1. The van der Waals surface area contributed by atoms with Gasteiger partial charge in [0, 0.05) is 10.5 Å². The van der Waals surface area contributed by atoms with Gasteiger partial charge in [0.05, 0.1) is 12.8 Å². The Bertz CT molecular complexity index is 568. The molecule has 0 fully saturated rings. The molecule has 1 aliphatic rings. The molecule has 0 amide bonds.